The van der Waals surface area contributed by atoms with Crippen molar-refractivity contribution in [2.75, 3.05) is 32.8 Å². The maximum absolute atomic E-state index is 5.72. The van der Waals surface area contributed by atoms with Crippen molar-refractivity contribution in [3.05, 3.63) is 0 Å². The molecule has 1 aliphatic heterocycles. The number of ether oxygens (including phenoxy) is 1. The van der Waals surface area contributed by atoms with Crippen LogP contribution in [0.4, 0.5) is 0 Å². The van der Waals surface area contributed by atoms with Crippen molar-refractivity contribution < 1.29 is 4.74 Å². The van der Waals surface area contributed by atoms with Gasteiger partial charge < -0.3 is 10.1 Å². The zero-order valence-electron chi connectivity index (χ0n) is 12.1. The van der Waals surface area contributed by atoms with Crippen LogP contribution in [0, 0.1) is 0 Å². The SMILES string of the molecule is CCOC1CCCN(CCNC(C)(C)CC)C1. The number of likely N-dealkylation sites (tertiary alicyclic amines) is 1. The van der Waals surface area contributed by atoms with E-state index in [2.05, 4.69) is 37.9 Å². The van der Waals surface area contributed by atoms with Crippen LogP contribution in [0.3, 0.4) is 0 Å². The molecule has 0 aliphatic carbocycles. The minimum Gasteiger partial charge on any atom is -0.377 e. The van der Waals surface area contributed by atoms with Gasteiger partial charge in [0.1, 0.15) is 0 Å². The summed E-state index contributed by atoms with van der Waals surface area (Å²) in [5.74, 6) is 0. The third-order valence-electron chi connectivity index (χ3n) is 3.78. The van der Waals surface area contributed by atoms with E-state index >= 15 is 0 Å². The molecule has 0 amide bonds. The molecule has 0 bridgehead atoms. The minimum atomic E-state index is 0.273. The standard InChI is InChI=1S/C14H30N2O/c1-5-14(3,4)15-9-11-16-10-7-8-13(12-16)17-6-2/h13,15H,5-12H2,1-4H3. The predicted octanol–water partition coefficient (Wildman–Crippen LogP) is 2.27. The summed E-state index contributed by atoms with van der Waals surface area (Å²) in [6.07, 6.45) is 4.15. The van der Waals surface area contributed by atoms with E-state index in [9.17, 15) is 0 Å². The second kappa shape index (κ2) is 7.34. The van der Waals surface area contributed by atoms with Gasteiger partial charge >= 0.3 is 0 Å². The van der Waals surface area contributed by atoms with Crippen molar-refractivity contribution in [1.82, 2.24) is 10.2 Å². The van der Waals surface area contributed by atoms with Gasteiger partial charge in [0.05, 0.1) is 6.10 Å². The first-order valence-electron chi connectivity index (χ1n) is 7.16. The van der Waals surface area contributed by atoms with Crippen LogP contribution in [0.25, 0.3) is 0 Å². The zero-order valence-corrected chi connectivity index (χ0v) is 12.1. The smallest absolute Gasteiger partial charge is 0.0702 e. The molecule has 17 heavy (non-hydrogen) atoms. The van der Waals surface area contributed by atoms with Gasteiger partial charge in [-0.25, -0.2) is 0 Å². The average Bonchev–Trinajstić information content (AvgIpc) is 2.30. The first-order valence-corrected chi connectivity index (χ1v) is 7.16. The van der Waals surface area contributed by atoms with Gasteiger partial charge in [-0.15, -0.1) is 0 Å². The van der Waals surface area contributed by atoms with Crippen LogP contribution in [0.5, 0.6) is 0 Å². The van der Waals surface area contributed by atoms with Gasteiger partial charge in [-0.3, -0.25) is 4.90 Å². The van der Waals surface area contributed by atoms with Crippen LogP contribution < -0.4 is 5.32 Å². The van der Waals surface area contributed by atoms with E-state index in [0.29, 0.717) is 6.10 Å². The summed E-state index contributed by atoms with van der Waals surface area (Å²) < 4.78 is 5.72. The van der Waals surface area contributed by atoms with Gasteiger partial charge in [0, 0.05) is 31.8 Å². The van der Waals surface area contributed by atoms with Crippen molar-refractivity contribution in [2.45, 2.75) is 58.6 Å². The lowest BCUT2D eigenvalue weighted by molar-refractivity contribution is 0.00596. The zero-order chi connectivity index (χ0) is 12.7. The Morgan fingerprint density at radius 3 is 2.76 bits per heavy atom. The van der Waals surface area contributed by atoms with Crippen LogP contribution in [0.15, 0.2) is 0 Å². The first-order chi connectivity index (χ1) is 8.07. The Hall–Kier alpha value is -0.120. The van der Waals surface area contributed by atoms with Crippen LogP contribution in [-0.4, -0.2) is 49.3 Å². The lowest BCUT2D eigenvalue weighted by Gasteiger charge is -2.33. The van der Waals surface area contributed by atoms with E-state index in [1.807, 2.05) is 0 Å². The van der Waals surface area contributed by atoms with Crippen LogP contribution in [0.1, 0.15) is 47.0 Å². The molecule has 0 radical (unpaired) electrons. The fourth-order valence-electron chi connectivity index (χ4n) is 2.27. The summed E-state index contributed by atoms with van der Waals surface area (Å²) in [6.45, 7) is 14.3. The molecule has 0 saturated carbocycles. The second-order valence-electron chi connectivity index (χ2n) is 5.68. The summed E-state index contributed by atoms with van der Waals surface area (Å²) in [4.78, 5) is 2.53. The van der Waals surface area contributed by atoms with Crippen molar-refractivity contribution >= 4 is 0 Å². The quantitative estimate of drug-likeness (QED) is 0.741. The fraction of sp³-hybridized carbons (Fsp3) is 1.00. The van der Waals surface area contributed by atoms with Crippen molar-refractivity contribution in [2.24, 2.45) is 0 Å². The maximum Gasteiger partial charge on any atom is 0.0702 e. The first kappa shape index (κ1) is 14.9. The van der Waals surface area contributed by atoms with Crippen LogP contribution in [-0.2, 0) is 4.74 Å². The van der Waals surface area contributed by atoms with Crippen molar-refractivity contribution in [1.29, 1.82) is 0 Å². The molecular formula is C14H30N2O. The molecule has 1 heterocycles. The molecule has 0 spiro atoms. The molecular weight excluding hydrogens is 212 g/mol. The normalized spacial score (nSPS) is 22.9. The summed E-state index contributed by atoms with van der Waals surface area (Å²) >= 11 is 0. The number of piperidine rings is 1. The molecule has 1 saturated heterocycles. The van der Waals surface area contributed by atoms with Crippen LogP contribution >= 0.6 is 0 Å². The van der Waals surface area contributed by atoms with Crippen molar-refractivity contribution in [3.8, 4) is 0 Å². The Morgan fingerprint density at radius 1 is 1.35 bits per heavy atom. The molecule has 1 unspecified atom stereocenters. The number of nitrogens with zero attached hydrogens (tertiary/aromatic N) is 1. The van der Waals surface area contributed by atoms with E-state index in [1.54, 1.807) is 0 Å². The molecule has 0 aromatic heterocycles. The third-order valence-corrected chi connectivity index (χ3v) is 3.78. The molecule has 1 fully saturated rings. The van der Waals surface area contributed by atoms with Gasteiger partial charge in [0.25, 0.3) is 0 Å². The third kappa shape index (κ3) is 5.84. The Morgan fingerprint density at radius 2 is 2.12 bits per heavy atom. The highest BCUT2D eigenvalue weighted by Gasteiger charge is 2.20. The van der Waals surface area contributed by atoms with Gasteiger partial charge in [-0.05, 0) is 46.6 Å². The fourth-order valence-corrected chi connectivity index (χ4v) is 2.27. The van der Waals surface area contributed by atoms with E-state index in [4.69, 9.17) is 4.74 Å². The highest BCUT2D eigenvalue weighted by molar-refractivity contribution is 4.78. The van der Waals surface area contributed by atoms with Gasteiger partial charge in [-0.1, -0.05) is 6.92 Å². The topological polar surface area (TPSA) is 24.5 Å². The molecule has 1 rings (SSSR count). The highest BCUT2D eigenvalue weighted by Crippen LogP contribution is 2.13. The molecule has 3 heteroatoms. The minimum absolute atomic E-state index is 0.273. The Balaban J connectivity index is 2.18. The Labute approximate surface area is 107 Å². The maximum atomic E-state index is 5.72. The van der Waals surface area contributed by atoms with Crippen molar-refractivity contribution in [3.63, 3.8) is 0 Å². The summed E-state index contributed by atoms with van der Waals surface area (Å²) in [6, 6.07) is 0. The Kier molecular flexibility index (Phi) is 6.45. The molecule has 102 valence electrons. The lowest BCUT2D eigenvalue weighted by atomic mass is 10.0. The number of hydrogen-bond donors (Lipinski definition) is 1. The van der Waals surface area contributed by atoms with Gasteiger partial charge in [0.15, 0.2) is 0 Å². The molecule has 1 aliphatic rings. The summed E-state index contributed by atoms with van der Waals surface area (Å²) in [7, 11) is 0. The van der Waals surface area contributed by atoms with Gasteiger partial charge in [-0.2, -0.15) is 0 Å². The van der Waals surface area contributed by atoms with E-state index in [0.717, 1.165) is 26.2 Å². The molecule has 0 aromatic carbocycles. The molecule has 1 N–H and O–H groups in total. The summed E-state index contributed by atoms with van der Waals surface area (Å²) in [5, 5.41) is 3.62. The number of hydrogen-bond acceptors (Lipinski definition) is 3. The van der Waals surface area contributed by atoms with E-state index in [1.165, 1.54) is 25.8 Å². The van der Waals surface area contributed by atoms with Crippen LogP contribution in [0.2, 0.25) is 0 Å². The van der Waals surface area contributed by atoms with E-state index in [-0.39, 0.29) is 5.54 Å². The predicted molar refractivity (Wildman–Crippen MR) is 73.5 cm³/mol. The molecule has 1 atom stereocenters. The van der Waals surface area contributed by atoms with E-state index < -0.39 is 0 Å². The molecule has 0 aromatic rings. The Bertz CT molecular complexity index is 204. The monoisotopic (exact) mass is 242 g/mol. The lowest BCUT2D eigenvalue weighted by Crippen LogP contribution is -2.46. The largest absolute Gasteiger partial charge is 0.377 e. The summed E-state index contributed by atoms with van der Waals surface area (Å²) in [5.41, 5.74) is 0.273. The van der Waals surface area contributed by atoms with Gasteiger partial charge in [0.2, 0.25) is 0 Å². The average molecular weight is 242 g/mol. The number of nitrogens with one attached hydrogen (secondary N) is 1. The highest BCUT2D eigenvalue weighted by atomic mass is 16.5. The molecule has 3 nitrogen and oxygen atoms in total. The second-order valence-corrected chi connectivity index (χ2v) is 5.68. The number of rotatable bonds is 7.